The lowest BCUT2D eigenvalue weighted by molar-refractivity contribution is 0.121. The zero-order valence-electron chi connectivity index (χ0n) is 12.9. The molecule has 1 aromatic carbocycles. The second-order valence-corrected chi connectivity index (χ2v) is 6.64. The number of rotatable bonds is 2. The molecule has 1 saturated carbocycles. The molecule has 1 heteroatoms. The van der Waals surface area contributed by atoms with E-state index in [1.807, 2.05) is 0 Å². The fourth-order valence-corrected chi connectivity index (χ4v) is 2.74. The molecule has 1 fully saturated rings. The van der Waals surface area contributed by atoms with Crippen LogP contribution in [0.25, 0.3) is 0 Å². The molecule has 0 saturated heterocycles. The van der Waals surface area contributed by atoms with Crippen molar-refractivity contribution in [3.63, 3.8) is 0 Å². The van der Waals surface area contributed by atoms with E-state index in [4.69, 9.17) is 4.74 Å². The maximum atomic E-state index is 6.16. The molecular weight excluding hydrogens is 244 g/mol. The first-order valence-electron chi connectivity index (χ1n) is 7.55. The van der Waals surface area contributed by atoms with Crippen LogP contribution in [0.5, 0.6) is 5.75 Å². The Labute approximate surface area is 123 Å². The Hall–Kier alpha value is -1.42. The summed E-state index contributed by atoms with van der Waals surface area (Å²) in [6, 6.07) is 8.51. The van der Waals surface area contributed by atoms with Crippen molar-refractivity contribution in [2.24, 2.45) is 5.92 Å². The standard InChI is InChI=1S/C19H25O/c1-5-8-15-9-6-7-10-18(15)20-17-13-11-16(12-14-17)19(2,3)4/h11-15,18H,1,6-7,9-10H2,2-4H3. The fraction of sp³-hybridized carbons (Fsp3) is 0.526. The molecule has 2 rings (SSSR count). The van der Waals surface area contributed by atoms with Crippen LogP contribution in [-0.2, 0) is 5.41 Å². The van der Waals surface area contributed by atoms with Crippen LogP contribution in [0.3, 0.4) is 0 Å². The van der Waals surface area contributed by atoms with Crippen molar-refractivity contribution in [3.8, 4) is 17.6 Å². The minimum Gasteiger partial charge on any atom is -0.489 e. The molecule has 107 valence electrons. The van der Waals surface area contributed by atoms with Crippen molar-refractivity contribution in [1.82, 2.24) is 0 Å². The van der Waals surface area contributed by atoms with Crippen molar-refractivity contribution in [3.05, 3.63) is 36.8 Å². The molecule has 1 aromatic rings. The molecule has 1 nitrogen and oxygen atoms in total. The van der Waals surface area contributed by atoms with E-state index < -0.39 is 0 Å². The van der Waals surface area contributed by atoms with Gasteiger partial charge < -0.3 is 4.74 Å². The zero-order chi connectivity index (χ0) is 14.6. The smallest absolute Gasteiger partial charge is 0.119 e. The lowest BCUT2D eigenvalue weighted by Gasteiger charge is -2.29. The summed E-state index contributed by atoms with van der Waals surface area (Å²) in [5.41, 5.74) is 1.52. The van der Waals surface area contributed by atoms with Crippen molar-refractivity contribution < 1.29 is 4.74 Å². The van der Waals surface area contributed by atoms with Gasteiger partial charge in [-0.25, -0.2) is 0 Å². The summed E-state index contributed by atoms with van der Waals surface area (Å²) in [6.45, 7) is 10.3. The zero-order valence-corrected chi connectivity index (χ0v) is 12.9. The van der Waals surface area contributed by atoms with E-state index in [0.717, 1.165) is 18.6 Å². The van der Waals surface area contributed by atoms with Crippen LogP contribution in [0.1, 0.15) is 52.0 Å². The van der Waals surface area contributed by atoms with E-state index in [-0.39, 0.29) is 11.5 Å². The van der Waals surface area contributed by atoms with Crippen molar-refractivity contribution >= 4 is 0 Å². The second-order valence-electron chi connectivity index (χ2n) is 6.64. The average Bonchev–Trinajstić information content (AvgIpc) is 2.41. The Morgan fingerprint density at radius 1 is 1.10 bits per heavy atom. The third-order valence-electron chi connectivity index (χ3n) is 4.00. The molecule has 0 N–H and O–H groups in total. The van der Waals surface area contributed by atoms with Crippen molar-refractivity contribution in [1.29, 1.82) is 0 Å². The van der Waals surface area contributed by atoms with Gasteiger partial charge in [-0.2, -0.15) is 0 Å². The molecule has 2 unspecified atom stereocenters. The van der Waals surface area contributed by atoms with E-state index >= 15 is 0 Å². The summed E-state index contributed by atoms with van der Waals surface area (Å²) in [6.07, 6.45) is 4.94. The molecule has 1 aliphatic carbocycles. The highest BCUT2D eigenvalue weighted by molar-refractivity contribution is 5.31. The van der Waals surface area contributed by atoms with Crippen LogP contribution < -0.4 is 4.74 Å². The first-order chi connectivity index (χ1) is 9.50. The number of hydrogen-bond acceptors (Lipinski definition) is 1. The molecule has 1 radical (unpaired) electrons. The third kappa shape index (κ3) is 3.79. The van der Waals surface area contributed by atoms with Crippen LogP contribution >= 0.6 is 0 Å². The first kappa shape index (κ1) is 15.0. The van der Waals surface area contributed by atoms with E-state index in [2.05, 4.69) is 63.8 Å². The molecule has 0 aromatic heterocycles. The normalized spacial score (nSPS) is 22.8. The first-order valence-corrected chi connectivity index (χ1v) is 7.55. The highest BCUT2D eigenvalue weighted by Gasteiger charge is 2.25. The van der Waals surface area contributed by atoms with Gasteiger partial charge in [-0.3, -0.25) is 0 Å². The lowest BCUT2D eigenvalue weighted by Crippen LogP contribution is -2.29. The summed E-state index contributed by atoms with van der Waals surface area (Å²) in [5, 5.41) is 0. The largest absolute Gasteiger partial charge is 0.489 e. The van der Waals surface area contributed by atoms with Crippen molar-refractivity contribution in [2.45, 2.75) is 58.0 Å². The van der Waals surface area contributed by atoms with E-state index in [1.165, 1.54) is 18.4 Å². The molecule has 0 heterocycles. The highest BCUT2D eigenvalue weighted by Crippen LogP contribution is 2.29. The van der Waals surface area contributed by atoms with Gasteiger partial charge in [0.2, 0.25) is 0 Å². The summed E-state index contributed by atoms with van der Waals surface area (Å²) in [4.78, 5) is 0. The Morgan fingerprint density at radius 3 is 2.35 bits per heavy atom. The van der Waals surface area contributed by atoms with Gasteiger partial charge in [0.1, 0.15) is 11.9 Å². The van der Waals surface area contributed by atoms with Crippen LogP contribution in [0.15, 0.2) is 24.3 Å². The van der Waals surface area contributed by atoms with Gasteiger partial charge >= 0.3 is 0 Å². The molecule has 20 heavy (non-hydrogen) atoms. The summed E-state index contributed by atoms with van der Waals surface area (Å²) in [5.74, 6) is 7.30. The average molecular weight is 269 g/mol. The van der Waals surface area contributed by atoms with E-state index in [9.17, 15) is 0 Å². The molecule has 0 bridgehead atoms. The topological polar surface area (TPSA) is 9.23 Å². The molecule has 0 aliphatic heterocycles. The van der Waals surface area contributed by atoms with Gasteiger partial charge in [0, 0.05) is 6.92 Å². The fourth-order valence-electron chi connectivity index (χ4n) is 2.74. The maximum Gasteiger partial charge on any atom is 0.119 e. The van der Waals surface area contributed by atoms with E-state index in [0.29, 0.717) is 5.92 Å². The van der Waals surface area contributed by atoms with Crippen LogP contribution in [0.4, 0.5) is 0 Å². The van der Waals surface area contributed by atoms with Crippen molar-refractivity contribution in [2.75, 3.05) is 0 Å². The lowest BCUT2D eigenvalue weighted by atomic mass is 9.86. The third-order valence-corrected chi connectivity index (χ3v) is 4.00. The van der Waals surface area contributed by atoms with Gasteiger partial charge in [-0.05, 0) is 42.4 Å². The summed E-state index contributed by atoms with van der Waals surface area (Å²) in [7, 11) is 0. The Morgan fingerprint density at radius 2 is 1.75 bits per heavy atom. The van der Waals surface area contributed by atoms with Gasteiger partial charge in [-0.1, -0.05) is 45.2 Å². The Bertz CT molecular complexity index is 481. The van der Waals surface area contributed by atoms with Gasteiger partial charge in [0.05, 0.1) is 5.92 Å². The number of benzene rings is 1. The Balaban J connectivity index is 2.06. The van der Waals surface area contributed by atoms with Gasteiger partial charge in [-0.15, -0.1) is 5.92 Å². The minimum absolute atomic E-state index is 0.186. The minimum atomic E-state index is 0.186. The predicted molar refractivity (Wildman–Crippen MR) is 84.6 cm³/mol. The maximum absolute atomic E-state index is 6.16. The SMILES string of the molecule is [CH2]C#CC1CCCCC1Oc1ccc(C(C)(C)C)cc1. The molecule has 0 amide bonds. The van der Waals surface area contributed by atoms with E-state index in [1.54, 1.807) is 0 Å². The predicted octanol–water partition coefficient (Wildman–Crippen LogP) is 4.76. The van der Waals surface area contributed by atoms with Crippen LogP contribution in [-0.4, -0.2) is 6.10 Å². The highest BCUT2D eigenvalue weighted by atomic mass is 16.5. The van der Waals surface area contributed by atoms with Crippen LogP contribution in [0.2, 0.25) is 0 Å². The summed E-state index contributed by atoms with van der Waals surface area (Å²) >= 11 is 0. The molecule has 1 aliphatic rings. The van der Waals surface area contributed by atoms with Gasteiger partial charge in [0.25, 0.3) is 0 Å². The molecular formula is C19H25O. The Kier molecular flexibility index (Phi) is 4.76. The quantitative estimate of drug-likeness (QED) is 0.703. The number of hydrogen-bond donors (Lipinski definition) is 0. The molecule has 2 atom stereocenters. The number of ether oxygens (including phenoxy) is 1. The van der Waals surface area contributed by atoms with Gasteiger partial charge in [0.15, 0.2) is 0 Å². The van der Waals surface area contributed by atoms with Crippen LogP contribution in [0, 0.1) is 24.7 Å². The summed E-state index contributed by atoms with van der Waals surface area (Å²) < 4.78 is 6.16. The molecule has 0 spiro atoms. The second kappa shape index (κ2) is 6.35. The monoisotopic (exact) mass is 269 g/mol.